The number of benzene rings is 1. The number of hydrogen-bond donors (Lipinski definition) is 0. The quantitative estimate of drug-likeness (QED) is 0.846. The number of carbonyl (C=O) groups excluding carboxylic acids is 1. The summed E-state index contributed by atoms with van der Waals surface area (Å²) in [6.07, 6.45) is 1.03. The molecule has 1 aromatic carbocycles. The number of amides is 1. The number of carbonyl (C=O) groups is 1. The minimum absolute atomic E-state index is 0.0456. The van der Waals surface area contributed by atoms with Crippen LogP contribution in [0.25, 0.3) is 10.2 Å². The SMILES string of the molecule is CCCn1c(=NC(=O)C(C)C)sc2c(C)cc(C)cc21. The van der Waals surface area contributed by atoms with Gasteiger partial charge in [0.25, 0.3) is 5.91 Å². The lowest BCUT2D eigenvalue weighted by Crippen LogP contribution is -2.18. The minimum atomic E-state index is -0.0573. The Kier molecular flexibility index (Phi) is 4.43. The van der Waals surface area contributed by atoms with E-state index in [9.17, 15) is 4.79 Å². The number of hydrogen-bond acceptors (Lipinski definition) is 2. The molecule has 2 aromatic rings. The van der Waals surface area contributed by atoms with Crippen molar-refractivity contribution in [3.63, 3.8) is 0 Å². The van der Waals surface area contributed by atoms with Crippen molar-refractivity contribution in [2.45, 2.75) is 47.6 Å². The van der Waals surface area contributed by atoms with Crippen LogP contribution in [0.4, 0.5) is 0 Å². The Morgan fingerprint density at radius 3 is 2.65 bits per heavy atom. The van der Waals surface area contributed by atoms with E-state index in [1.807, 2.05) is 13.8 Å². The number of fused-ring (bicyclic) bond motifs is 1. The molecule has 0 aliphatic rings. The highest BCUT2D eigenvalue weighted by molar-refractivity contribution is 7.16. The predicted octanol–water partition coefficient (Wildman–Crippen LogP) is 3.81. The molecule has 0 N–H and O–H groups in total. The van der Waals surface area contributed by atoms with E-state index in [1.165, 1.54) is 21.3 Å². The second-order valence-corrected chi connectivity index (χ2v) is 6.55. The summed E-state index contributed by atoms with van der Waals surface area (Å²) in [6, 6.07) is 4.37. The van der Waals surface area contributed by atoms with Gasteiger partial charge in [0.15, 0.2) is 4.80 Å². The van der Waals surface area contributed by atoms with Crippen molar-refractivity contribution >= 4 is 27.5 Å². The van der Waals surface area contributed by atoms with Gasteiger partial charge in [0.2, 0.25) is 0 Å². The van der Waals surface area contributed by atoms with Gasteiger partial charge in [0, 0.05) is 12.5 Å². The summed E-state index contributed by atoms with van der Waals surface area (Å²) in [5, 5.41) is 0. The van der Waals surface area contributed by atoms with Crippen LogP contribution in [0.5, 0.6) is 0 Å². The number of nitrogens with zero attached hydrogens (tertiary/aromatic N) is 2. The van der Waals surface area contributed by atoms with Crippen molar-refractivity contribution in [2.75, 3.05) is 0 Å². The van der Waals surface area contributed by atoms with Crippen LogP contribution in [0.3, 0.4) is 0 Å². The molecule has 0 spiro atoms. The molecule has 0 bridgehead atoms. The summed E-state index contributed by atoms with van der Waals surface area (Å²) in [5.41, 5.74) is 3.71. The molecule has 3 nitrogen and oxygen atoms in total. The molecule has 0 saturated carbocycles. The van der Waals surface area contributed by atoms with Crippen LogP contribution in [0.1, 0.15) is 38.3 Å². The molecule has 0 saturated heterocycles. The van der Waals surface area contributed by atoms with Gasteiger partial charge in [-0.25, -0.2) is 0 Å². The van der Waals surface area contributed by atoms with Crippen LogP contribution in [-0.2, 0) is 11.3 Å². The fraction of sp³-hybridized carbons (Fsp3) is 0.500. The molecule has 0 fully saturated rings. The zero-order chi connectivity index (χ0) is 14.9. The Bertz CT molecular complexity index is 707. The van der Waals surface area contributed by atoms with E-state index in [0.717, 1.165) is 17.8 Å². The zero-order valence-corrected chi connectivity index (χ0v) is 13.7. The molecule has 0 aliphatic heterocycles. The molecule has 0 radical (unpaired) electrons. The topological polar surface area (TPSA) is 34.4 Å². The molecule has 20 heavy (non-hydrogen) atoms. The van der Waals surface area contributed by atoms with Gasteiger partial charge in [-0.1, -0.05) is 38.2 Å². The number of aromatic nitrogens is 1. The van der Waals surface area contributed by atoms with Crippen LogP contribution < -0.4 is 4.80 Å². The van der Waals surface area contributed by atoms with E-state index < -0.39 is 0 Å². The number of thiazole rings is 1. The van der Waals surface area contributed by atoms with Crippen molar-refractivity contribution in [2.24, 2.45) is 10.9 Å². The standard InChI is InChI=1S/C16H22N2OS/c1-6-7-18-13-9-11(4)8-12(5)14(13)20-16(18)17-15(19)10(2)3/h8-10H,6-7H2,1-5H3. The monoisotopic (exact) mass is 290 g/mol. The molecule has 2 rings (SSSR count). The molecule has 1 amide bonds. The van der Waals surface area contributed by atoms with Gasteiger partial charge in [-0.2, -0.15) is 4.99 Å². The summed E-state index contributed by atoms with van der Waals surface area (Å²) in [6.45, 7) is 11.0. The first-order chi connectivity index (χ1) is 9.43. The molecular weight excluding hydrogens is 268 g/mol. The largest absolute Gasteiger partial charge is 0.316 e. The van der Waals surface area contributed by atoms with E-state index in [0.29, 0.717) is 0 Å². The average molecular weight is 290 g/mol. The Balaban J connectivity index is 2.74. The van der Waals surface area contributed by atoms with Gasteiger partial charge in [-0.05, 0) is 37.5 Å². The van der Waals surface area contributed by atoms with Crippen LogP contribution >= 0.6 is 11.3 Å². The van der Waals surface area contributed by atoms with Crippen LogP contribution in [0.15, 0.2) is 17.1 Å². The van der Waals surface area contributed by atoms with E-state index in [4.69, 9.17) is 0 Å². The third-order valence-electron chi connectivity index (χ3n) is 3.26. The van der Waals surface area contributed by atoms with Gasteiger partial charge >= 0.3 is 0 Å². The van der Waals surface area contributed by atoms with Gasteiger partial charge in [0.05, 0.1) is 10.2 Å². The smallest absolute Gasteiger partial charge is 0.250 e. The first kappa shape index (κ1) is 15.0. The highest BCUT2D eigenvalue weighted by Crippen LogP contribution is 2.23. The maximum absolute atomic E-state index is 11.9. The maximum Gasteiger partial charge on any atom is 0.250 e. The summed E-state index contributed by atoms with van der Waals surface area (Å²) < 4.78 is 3.42. The summed E-state index contributed by atoms with van der Waals surface area (Å²) >= 11 is 1.62. The summed E-state index contributed by atoms with van der Waals surface area (Å²) in [5.74, 6) is -0.103. The van der Waals surface area contributed by atoms with Crippen molar-refractivity contribution in [1.29, 1.82) is 0 Å². The molecule has 0 aliphatic carbocycles. The third kappa shape index (κ3) is 2.85. The van der Waals surface area contributed by atoms with Gasteiger partial charge < -0.3 is 4.57 Å². The number of rotatable bonds is 3. The van der Waals surface area contributed by atoms with Crippen molar-refractivity contribution < 1.29 is 4.79 Å². The van der Waals surface area contributed by atoms with Gasteiger partial charge in [-0.15, -0.1) is 0 Å². The molecule has 1 heterocycles. The van der Waals surface area contributed by atoms with E-state index in [-0.39, 0.29) is 11.8 Å². The molecule has 0 unspecified atom stereocenters. The fourth-order valence-electron chi connectivity index (χ4n) is 2.26. The molecular formula is C16H22N2OS. The predicted molar refractivity (Wildman–Crippen MR) is 85.0 cm³/mol. The van der Waals surface area contributed by atoms with Gasteiger partial charge in [-0.3, -0.25) is 4.79 Å². The van der Waals surface area contributed by atoms with Crippen LogP contribution in [-0.4, -0.2) is 10.5 Å². The minimum Gasteiger partial charge on any atom is -0.316 e. The average Bonchev–Trinajstić information content (AvgIpc) is 2.69. The highest BCUT2D eigenvalue weighted by atomic mass is 32.1. The van der Waals surface area contributed by atoms with E-state index in [2.05, 4.69) is 42.5 Å². The maximum atomic E-state index is 11.9. The lowest BCUT2D eigenvalue weighted by Gasteiger charge is -2.05. The Morgan fingerprint density at radius 1 is 1.35 bits per heavy atom. The molecule has 108 valence electrons. The van der Waals surface area contributed by atoms with Crippen molar-refractivity contribution in [1.82, 2.24) is 4.57 Å². The fourth-order valence-corrected chi connectivity index (χ4v) is 3.37. The van der Waals surface area contributed by atoms with Crippen LogP contribution in [0.2, 0.25) is 0 Å². The third-order valence-corrected chi connectivity index (χ3v) is 4.49. The highest BCUT2D eigenvalue weighted by Gasteiger charge is 2.11. The second-order valence-electron chi connectivity index (χ2n) is 5.57. The molecule has 4 heteroatoms. The second kappa shape index (κ2) is 5.92. The van der Waals surface area contributed by atoms with Crippen LogP contribution in [0, 0.1) is 19.8 Å². The summed E-state index contributed by atoms with van der Waals surface area (Å²) in [4.78, 5) is 17.1. The van der Waals surface area contributed by atoms with Crippen molar-refractivity contribution in [3.8, 4) is 0 Å². The lowest BCUT2D eigenvalue weighted by molar-refractivity contribution is -0.120. The first-order valence-corrected chi connectivity index (χ1v) is 7.94. The Hall–Kier alpha value is -1.42. The zero-order valence-electron chi connectivity index (χ0n) is 12.9. The Labute approximate surface area is 124 Å². The Morgan fingerprint density at radius 2 is 2.05 bits per heavy atom. The first-order valence-electron chi connectivity index (χ1n) is 7.13. The number of aryl methyl sites for hydroxylation is 3. The van der Waals surface area contributed by atoms with Crippen molar-refractivity contribution in [3.05, 3.63) is 28.1 Å². The molecule has 1 aromatic heterocycles. The molecule has 0 atom stereocenters. The van der Waals surface area contributed by atoms with E-state index >= 15 is 0 Å². The normalized spacial score (nSPS) is 12.6. The summed E-state index contributed by atoms with van der Waals surface area (Å²) in [7, 11) is 0. The van der Waals surface area contributed by atoms with E-state index in [1.54, 1.807) is 11.3 Å². The van der Waals surface area contributed by atoms with Gasteiger partial charge in [0.1, 0.15) is 0 Å². The lowest BCUT2D eigenvalue weighted by atomic mass is 10.1.